The maximum Gasteiger partial charge on any atom is 0.323 e. The summed E-state index contributed by atoms with van der Waals surface area (Å²) in [5.41, 5.74) is -0.163. The Morgan fingerprint density at radius 3 is 2.66 bits per heavy atom. The van der Waals surface area contributed by atoms with Gasteiger partial charge in [0.15, 0.2) is 5.75 Å². The number of carbonyl (C=O) groups excluding carboxylic acids is 1. The van der Waals surface area contributed by atoms with E-state index in [1.54, 1.807) is 7.05 Å². The first kappa shape index (κ1) is 23.1. The molecule has 2 unspecified atom stereocenters. The molecule has 0 aromatic heterocycles. The van der Waals surface area contributed by atoms with Crippen LogP contribution in [0.5, 0.6) is 5.75 Å². The number of rotatable bonds is 6. The molecule has 0 radical (unpaired) electrons. The number of anilines is 2. The van der Waals surface area contributed by atoms with Gasteiger partial charge < -0.3 is 21.1 Å². The molecule has 2 fully saturated rings. The highest BCUT2D eigenvalue weighted by atomic mass is 35.5. The van der Waals surface area contributed by atoms with Crippen LogP contribution < -0.4 is 16.0 Å². The van der Waals surface area contributed by atoms with Gasteiger partial charge in [-0.1, -0.05) is 29.3 Å². The summed E-state index contributed by atoms with van der Waals surface area (Å²) in [6.45, 7) is 0.832. The van der Waals surface area contributed by atoms with Gasteiger partial charge in [0, 0.05) is 19.1 Å². The van der Waals surface area contributed by atoms with Crippen LogP contribution in [-0.4, -0.2) is 50.0 Å². The second-order valence-electron chi connectivity index (χ2n) is 7.81. The fourth-order valence-electron chi connectivity index (χ4n) is 4.16. The normalized spacial score (nSPS) is 22.4. The number of aromatic hydroxyl groups is 1. The number of phenolic OH excluding ortho intramolecular Hbond substituents is 1. The molecule has 1 heterocycles. The zero-order valence-electron chi connectivity index (χ0n) is 16.9. The van der Waals surface area contributed by atoms with E-state index in [1.807, 2.05) is 0 Å². The highest BCUT2D eigenvalue weighted by molar-refractivity contribution is 7.89. The second kappa shape index (κ2) is 8.68. The Hall–Kier alpha value is -2.11. The van der Waals surface area contributed by atoms with Crippen LogP contribution in [0.4, 0.5) is 20.6 Å². The lowest BCUT2D eigenvalue weighted by molar-refractivity contribution is 0.262. The molecule has 0 spiro atoms. The number of phenols is 1. The number of amides is 2. The van der Waals surface area contributed by atoms with Crippen LogP contribution >= 0.6 is 23.2 Å². The summed E-state index contributed by atoms with van der Waals surface area (Å²) in [6, 6.07) is 5.36. The molecule has 172 valence electrons. The van der Waals surface area contributed by atoms with Crippen LogP contribution in [0, 0.1) is 17.7 Å². The Bertz CT molecular complexity index is 1180. The Kier molecular flexibility index (Phi) is 6.25. The number of piperidine rings is 1. The van der Waals surface area contributed by atoms with Crippen molar-refractivity contribution in [3.8, 4) is 5.75 Å². The molecule has 2 aromatic rings. The molecular weight excluding hydrogens is 482 g/mol. The number of fused-ring (bicyclic) bond motifs is 1. The minimum absolute atomic E-state index is 0.0108. The van der Waals surface area contributed by atoms with Crippen molar-refractivity contribution in [2.45, 2.75) is 17.4 Å². The van der Waals surface area contributed by atoms with E-state index in [2.05, 4.69) is 16.0 Å². The Morgan fingerprint density at radius 1 is 1.22 bits per heavy atom. The second-order valence-corrected chi connectivity index (χ2v) is 10.4. The lowest BCUT2D eigenvalue weighted by atomic mass is 10.2. The summed E-state index contributed by atoms with van der Waals surface area (Å²) in [7, 11) is -2.39. The zero-order valence-corrected chi connectivity index (χ0v) is 19.2. The van der Waals surface area contributed by atoms with Gasteiger partial charge >= 0.3 is 6.03 Å². The lowest BCUT2D eigenvalue weighted by Crippen LogP contribution is -2.43. The first-order valence-corrected chi connectivity index (χ1v) is 12.0. The first-order valence-electron chi connectivity index (χ1n) is 9.85. The van der Waals surface area contributed by atoms with Crippen molar-refractivity contribution in [1.29, 1.82) is 0 Å². The molecule has 2 aliphatic rings. The number of hydrogen-bond donors (Lipinski definition) is 4. The highest BCUT2D eigenvalue weighted by Crippen LogP contribution is 2.52. The highest BCUT2D eigenvalue weighted by Gasteiger charge is 2.56. The number of sulfonamides is 1. The molecule has 0 bridgehead atoms. The first-order chi connectivity index (χ1) is 15.1. The van der Waals surface area contributed by atoms with Gasteiger partial charge in [0.05, 0.1) is 21.4 Å². The van der Waals surface area contributed by atoms with E-state index in [1.165, 1.54) is 28.6 Å². The van der Waals surface area contributed by atoms with Gasteiger partial charge in [0.2, 0.25) is 10.0 Å². The van der Waals surface area contributed by atoms with E-state index >= 15 is 0 Å². The van der Waals surface area contributed by atoms with Crippen molar-refractivity contribution in [2.24, 2.45) is 11.8 Å². The predicted molar refractivity (Wildman–Crippen MR) is 120 cm³/mol. The molecule has 8 nitrogen and oxygen atoms in total. The third-order valence-corrected chi connectivity index (χ3v) is 8.54. The summed E-state index contributed by atoms with van der Waals surface area (Å²) in [5.74, 6) is -0.817. The van der Waals surface area contributed by atoms with Crippen LogP contribution in [0.2, 0.25) is 10.0 Å². The summed E-state index contributed by atoms with van der Waals surface area (Å²) >= 11 is 12.0. The van der Waals surface area contributed by atoms with Gasteiger partial charge in [-0.15, -0.1) is 0 Å². The van der Waals surface area contributed by atoms with E-state index in [4.69, 9.17) is 23.2 Å². The molecule has 4 rings (SSSR count). The van der Waals surface area contributed by atoms with Gasteiger partial charge in [-0.2, -0.15) is 4.31 Å². The van der Waals surface area contributed by atoms with E-state index in [-0.39, 0.29) is 33.4 Å². The van der Waals surface area contributed by atoms with Crippen molar-refractivity contribution in [2.75, 3.05) is 30.8 Å². The number of nitrogens with zero attached hydrogens (tertiary/aromatic N) is 1. The molecule has 12 heteroatoms. The van der Waals surface area contributed by atoms with Crippen LogP contribution in [0.25, 0.3) is 0 Å². The van der Waals surface area contributed by atoms with E-state index < -0.39 is 32.5 Å². The third kappa shape index (κ3) is 4.13. The Morgan fingerprint density at radius 2 is 1.94 bits per heavy atom. The largest absolute Gasteiger partial charge is 0.504 e. The quantitative estimate of drug-likeness (QED) is 0.450. The smallest absolute Gasteiger partial charge is 0.323 e. The molecule has 2 aromatic carbocycles. The summed E-state index contributed by atoms with van der Waals surface area (Å²) in [6.07, 6.45) is 0.975. The summed E-state index contributed by atoms with van der Waals surface area (Å²) < 4.78 is 41.8. The van der Waals surface area contributed by atoms with Gasteiger partial charge in [-0.25, -0.2) is 17.6 Å². The van der Waals surface area contributed by atoms with Crippen molar-refractivity contribution >= 4 is 50.6 Å². The molecule has 1 saturated heterocycles. The van der Waals surface area contributed by atoms with Gasteiger partial charge in [-0.05, 0) is 49.6 Å². The van der Waals surface area contributed by atoms with Crippen LogP contribution in [0.1, 0.15) is 6.42 Å². The topological polar surface area (TPSA) is 111 Å². The molecular formula is C20H21Cl2FN4O4S. The maximum absolute atomic E-state index is 13.6. The van der Waals surface area contributed by atoms with Crippen molar-refractivity contribution in [3.05, 3.63) is 46.2 Å². The van der Waals surface area contributed by atoms with Crippen molar-refractivity contribution in [3.63, 3.8) is 0 Å². The van der Waals surface area contributed by atoms with Gasteiger partial charge in [-0.3, -0.25) is 0 Å². The van der Waals surface area contributed by atoms with E-state index in [9.17, 15) is 22.7 Å². The average molecular weight is 503 g/mol. The molecule has 4 N–H and O–H groups in total. The summed E-state index contributed by atoms with van der Waals surface area (Å²) in [4.78, 5) is 11.9. The van der Waals surface area contributed by atoms with Crippen LogP contribution in [0.3, 0.4) is 0 Å². The van der Waals surface area contributed by atoms with Crippen molar-refractivity contribution < 1.29 is 22.7 Å². The van der Waals surface area contributed by atoms with Crippen LogP contribution in [0.15, 0.2) is 35.2 Å². The molecule has 1 saturated carbocycles. The van der Waals surface area contributed by atoms with Gasteiger partial charge in [0.25, 0.3) is 0 Å². The van der Waals surface area contributed by atoms with Crippen molar-refractivity contribution in [1.82, 2.24) is 9.62 Å². The third-order valence-electron chi connectivity index (χ3n) is 5.77. The fraction of sp³-hybridized carbons (Fsp3) is 0.350. The fourth-order valence-corrected chi connectivity index (χ4v) is 6.65. The predicted octanol–water partition coefficient (Wildman–Crippen LogP) is 3.71. The Balaban J connectivity index is 1.60. The lowest BCUT2D eigenvalue weighted by Gasteiger charge is -2.27. The number of carbonyl (C=O) groups is 1. The number of halogens is 3. The number of benzene rings is 2. The maximum atomic E-state index is 13.6. The van der Waals surface area contributed by atoms with E-state index in [0.29, 0.717) is 19.0 Å². The zero-order chi connectivity index (χ0) is 23.2. The molecule has 1 aliphatic carbocycles. The molecule has 1 aliphatic heterocycles. The number of hydrogen-bond acceptors (Lipinski definition) is 5. The van der Waals surface area contributed by atoms with Crippen LogP contribution in [-0.2, 0) is 10.0 Å². The SMILES string of the molecule is CNC[C@@H]1C2CC2CN1S(=O)(=O)c1c(Cl)ccc(NC(=O)Nc2cccc(F)c2Cl)c1O. The van der Waals surface area contributed by atoms with E-state index in [0.717, 1.165) is 12.5 Å². The van der Waals surface area contributed by atoms with Gasteiger partial charge in [0.1, 0.15) is 10.7 Å². The number of nitrogens with one attached hydrogen (secondary N) is 3. The standard InChI is InChI=1S/C20H21Cl2FN4O4S/c1-24-8-16-11-7-10(11)9-27(16)32(30,31)19-12(21)5-6-15(18(19)28)26-20(29)25-14-4-2-3-13(23)17(14)22/h2-6,10-11,16,24,28H,7-9H2,1H3,(H2,25,26,29)/t10?,11?,16-/m1/s1. The molecule has 3 atom stereocenters. The summed E-state index contributed by atoms with van der Waals surface area (Å²) in [5, 5.41) is 18.0. The molecule has 32 heavy (non-hydrogen) atoms. The number of urea groups is 1. The minimum atomic E-state index is -4.13. The molecule has 2 amide bonds. The minimum Gasteiger partial charge on any atom is -0.504 e. The average Bonchev–Trinajstić information content (AvgIpc) is 3.41. The number of likely N-dealkylation sites (N-methyl/N-ethyl adjacent to an activating group) is 1. The Labute approximate surface area is 194 Å². The monoisotopic (exact) mass is 502 g/mol.